The zero-order chi connectivity index (χ0) is 29.1. The van der Waals surface area contributed by atoms with Crippen LogP contribution in [0, 0.1) is 12.7 Å². The van der Waals surface area contributed by atoms with Gasteiger partial charge in [-0.05, 0) is 67.6 Å². The molecule has 3 aromatic heterocycles. The lowest BCUT2D eigenvalue weighted by atomic mass is 10.0. The predicted molar refractivity (Wildman–Crippen MR) is 162 cm³/mol. The van der Waals surface area contributed by atoms with Crippen molar-refractivity contribution in [2.75, 3.05) is 18.4 Å². The Morgan fingerprint density at radius 3 is 2.76 bits per heavy atom. The number of aromatic nitrogens is 4. The van der Waals surface area contributed by atoms with Gasteiger partial charge in [-0.2, -0.15) is 0 Å². The Morgan fingerprint density at radius 2 is 1.95 bits per heavy atom. The van der Waals surface area contributed by atoms with Gasteiger partial charge in [-0.3, -0.25) is 0 Å². The number of fused-ring (bicyclic) bond motifs is 1. The molecule has 0 bridgehead atoms. The summed E-state index contributed by atoms with van der Waals surface area (Å²) in [5.41, 5.74) is 4.21. The van der Waals surface area contributed by atoms with Crippen LogP contribution in [0.4, 0.5) is 10.3 Å². The van der Waals surface area contributed by atoms with Crippen molar-refractivity contribution in [1.82, 2.24) is 25.3 Å². The van der Waals surface area contributed by atoms with Crippen molar-refractivity contribution in [2.45, 2.75) is 37.3 Å². The second-order valence-corrected chi connectivity index (χ2v) is 13.0. The van der Waals surface area contributed by atoms with Gasteiger partial charge < -0.3 is 15.4 Å². The van der Waals surface area contributed by atoms with Gasteiger partial charge >= 0.3 is 0 Å². The topological polar surface area (TPSA) is 119 Å². The van der Waals surface area contributed by atoms with Crippen LogP contribution in [0.3, 0.4) is 0 Å². The highest BCUT2D eigenvalue weighted by molar-refractivity contribution is 7.89. The number of piperidine rings is 1. The summed E-state index contributed by atoms with van der Waals surface area (Å²) >= 11 is 1.32. The Bertz CT molecular complexity index is 1830. The Morgan fingerprint density at radius 1 is 1.07 bits per heavy atom. The largest absolute Gasteiger partial charge is 0.437 e. The first-order valence-corrected chi connectivity index (χ1v) is 16.3. The van der Waals surface area contributed by atoms with E-state index in [0.717, 1.165) is 31.5 Å². The summed E-state index contributed by atoms with van der Waals surface area (Å²) in [5, 5.41) is 9.51. The standard InChI is InChI=1S/C30H29FN6O3S2/c1-19-6-7-22-23(8-9-26(31)25(22)17-42(38,39)16-21-15-41-18-35-21)28(19)40-29-24(5-3-12-33-29)27-10-13-34-30(37-27)36-20-4-2-11-32-14-20/h3,5-10,12-13,15,18,20,32H,2,4,11,14,16-17H2,1H3,(H,34,36,37)/t20-/m0/s1. The highest BCUT2D eigenvalue weighted by Gasteiger charge is 2.22. The van der Waals surface area contributed by atoms with E-state index in [1.165, 1.54) is 17.4 Å². The summed E-state index contributed by atoms with van der Waals surface area (Å²) in [5.74, 6) is -0.00184. The number of benzene rings is 2. The SMILES string of the molecule is Cc1ccc2c(CS(=O)(=O)Cc3cscn3)c(F)ccc2c1Oc1ncccc1-c1ccnc(N[C@H]2CCCNC2)n1. The van der Waals surface area contributed by atoms with Gasteiger partial charge in [-0.25, -0.2) is 32.7 Å². The van der Waals surface area contributed by atoms with E-state index in [4.69, 9.17) is 9.72 Å². The molecule has 4 heterocycles. The van der Waals surface area contributed by atoms with Crippen molar-refractivity contribution in [2.24, 2.45) is 0 Å². The molecule has 9 nitrogen and oxygen atoms in total. The van der Waals surface area contributed by atoms with E-state index < -0.39 is 21.4 Å². The van der Waals surface area contributed by atoms with Gasteiger partial charge in [-0.1, -0.05) is 12.1 Å². The first-order valence-electron chi connectivity index (χ1n) is 13.6. The molecule has 2 N–H and O–H groups in total. The third-order valence-electron chi connectivity index (χ3n) is 7.15. The number of sulfone groups is 1. The number of nitrogens with zero attached hydrogens (tertiary/aromatic N) is 4. The van der Waals surface area contributed by atoms with Crippen molar-refractivity contribution in [3.63, 3.8) is 0 Å². The Kier molecular flexibility index (Phi) is 8.09. The lowest BCUT2D eigenvalue weighted by Gasteiger charge is -2.23. The van der Waals surface area contributed by atoms with Gasteiger partial charge in [0.1, 0.15) is 11.6 Å². The molecule has 1 aliphatic rings. The number of hydrogen-bond donors (Lipinski definition) is 2. The first kappa shape index (κ1) is 28.1. The summed E-state index contributed by atoms with van der Waals surface area (Å²) in [4.78, 5) is 17.7. The molecular formula is C30H29FN6O3S2. The van der Waals surface area contributed by atoms with Crippen molar-refractivity contribution < 1.29 is 17.5 Å². The Hall–Kier alpha value is -4.00. The van der Waals surface area contributed by atoms with Gasteiger partial charge in [0.15, 0.2) is 9.84 Å². The molecule has 0 spiro atoms. The minimum Gasteiger partial charge on any atom is -0.437 e. The number of rotatable bonds is 9. The molecule has 12 heteroatoms. The number of hydrogen-bond acceptors (Lipinski definition) is 10. The van der Waals surface area contributed by atoms with Gasteiger partial charge in [-0.15, -0.1) is 11.3 Å². The normalized spacial score (nSPS) is 15.5. The van der Waals surface area contributed by atoms with E-state index >= 15 is 4.39 Å². The van der Waals surface area contributed by atoms with Crippen molar-refractivity contribution >= 4 is 37.9 Å². The van der Waals surface area contributed by atoms with Crippen molar-refractivity contribution in [1.29, 1.82) is 0 Å². The van der Waals surface area contributed by atoms with E-state index in [-0.39, 0.29) is 17.4 Å². The van der Waals surface area contributed by atoms with Crippen LogP contribution >= 0.6 is 11.3 Å². The zero-order valence-electron chi connectivity index (χ0n) is 22.9. The molecule has 0 unspecified atom stereocenters. The van der Waals surface area contributed by atoms with E-state index in [0.29, 0.717) is 45.3 Å². The minimum absolute atomic E-state index is 0.0949. The fourth-order valence-corrected chi connectivity index (χ4v) is 7.22. The van der Waals surface area contributed by atoms with Gasteiger partial charge in [0, 0.05) is 41.3 Å². The van der Waals surface area contributed by atoms with Crippen molar-refractivity contribution in [3.8, 4) is 22.9 Å². The van der Waals surface area contributed by atoms with Gasteiger partial charge in [0.05, 0.1) is 34.0 Å². The van der Waals surface area contributed by atoms with Crippen LogP contribution in [0.1, 0.15) is 29.7 Å². The monoisotopic (exact) mass is 604 g/mol. The van der Waals surface area contributed by atoms with E-state index in [2.05, 4.69) is 25.6 Å². The van der Waals surface area contributed by atoms with Crippen molar-refractivity contribution in [3.05, 3.63) is 88.4 Å². The van der Waals surface area contributed by atoms with Gasteiger partial charge in [0.25, 0.3) is 0 Å². The maximum absolute atomic E-state index is 15.1. The fraction of sp³-hybridized carbons (Fsp3) is 0.267. The quantitative estimate of drug-likeness (QED) is 0.219. The lowest BCUT2D eigenvalue weighted by Crippen LogP contribution is -2.38. The fourth-order valence-electron chi connectivity index (χ4n) is 5.11. The molecule has 0 saturated carbocycles. The average Bonchev–Trinajstić information content (AvgIpc) is 3.49. The molecule has 42 heavy (non-hydrogen) atoms. The number of aryl methyl sites for hydroxylation is 1. The smallest absolute Gasteiger partial charge is 0.228 e. The maximum atomic E-state index is 15.1. The molecule has 1 saturated heterocycles. The van der Waals surface area contributed by atoms with E-state index in [1.54, 1.807) is 53.6 Å². The van der Waals surface area contributed by atoms with Crippen LogP contribution in [-0.4, -0.2) is 47.5 Å². The number of ether oxygens (including phenoxy) is 1. The lowest BCUT2D eigenvalue weighted by molar-refractivity contribution is 0.466. The molecule has 6 rings (SSSR count). The van der Waals surface area contributed by atoms with Crippen LogP contribution in [0.5, 0.6) is 11.6 Å². The second kappa shape index (κ2) is 12.1. The van der Waals surface area contributed by atoms with Crippen LogP contribution in [0.2, 0.25) is 0 Å². The molecule has 5 aromatic rings. The summed E-state index contributed by atoms with van der Waals surface area (Å²) in [6.45, 7) is 3.74. The number of nitrogens with one attached hydrogen (secondary N) is 2. The van der Waals surface area contributed by atoms with Crippen LogP contribution in [0.15, 0.2) is 65.7 Å². The first-order chi connectivity index (χ1) is 20.4. The van der Waals surface area contributed by atoms with Crippen LogP contribution < -0.4 is 15.4 Å². The third-order valence-corrected chi connectivity index (χ3v) is 9.25. The molecule has 0 radical (unpaired) electrons. The summed E-state index contributed by atoms with van der Waals surface area (Å²) in [7, 11) is -3.68. The van der Waals surface area contributed by atoms with E-state index in [9.17, 15) is 8.42 Å². The molecule has 0 aliphatic carbocycles. The summed E-state index contributed by atoms with van der Waals surface area (Å²) < 4.78 is 47.5. The Labute approximate surface area is 247 Å². The molecule has 1 fully saturated rings. The predicted octanol–water partition coefficient (Wildman–Crippen LogP) is 5.67. The number of anilines is 1. The van der Waals surface area contributed by atoms with E-state index in [1.807, 2.05) is 13.0 Å². The Balaban J connectivity index is 1.33. The molecule has 1 atom stereocenters. The molecule has 2 aromatic carbocycles. The number of halogens is 1. The minimum atomic E-state index is -3.68. The zero-order valence-corrected chi connectivity index (χ0v) is 24.5. The second-order valence-electron chi connectivity index (χ2n) is 10.3. The number of pyridine rings is 1. The maximum Gasteiger partial charge on any atom is 0.228 e. The van der Waals surface area contributed by atoms with Crippen LogP contribution in [0.25, 0.3) is 22.0 Å². The summed E-state index contributed by atoms with van der Waals surface area (Å²) in [6.07, 6.45) is 5.45. The van der Waals surface area contributed by atoms with Crippen LogP contribution in [-0.2, 0) is 21.3 Å². The number of thiazole rings is 1. The summed E-state index contributed by atoms with van der Waals surface area (Å²) in [6, 6.07) is 12.1. The molecule has 0 amide bonds. The molecule has 216 valence electrons. The highest BCUT2D eigenvalue weighted by atomic mass is 32.2. The molecular weight excluding hydrogens is 576 g/mol. The molecule has 1 aliphatic heterocycles. The third kappa shape index (κ3) is 6.25. The average molecular weight is 605 g/mol. The van der Waals surface area contributed by atoms with Gasteiger partial charge in [0.2, 0.25) is 11.8 Å². The highest BCUT2D eigenvalue weighted by Crippen LogP contribution is 2.38.